The van der Waals surface area contributed by atoms with E-state index in [2.05, 4.69) is 12.1 Å². The van der Waals surface area contributed by atoms with Crippen molar-refractivity contribution in [2.24, 2.45) is 0 Å². The SMILES string of the molecule is Cc1ccc(B(O)c2ccc(COCCc3ccccc3)cc2)cc1. The number of aryl methyl sites for hydroxylation is 1. The summed E-state index contributed by atoms with van der Waals surface area (Å²) in [5.41, 5.74) is 5.42. The van der Waals surface area contributed by atoms with Gasteiger partial charge in [-0.2, -0.15) is 0 Å². The first-order valence-corrected chi connectivity index (χ1v) is 8.67. The smallest absolute Gasteiger partial charge is 0.358 e. The number of rotatable bonds is 7. The number of benzene rings is 3. The Balaban J connectivity index is 1.50. The van der Waals surface area contributed by atoms with Crippen LogP contribution in [-0.4, -0.2) is 18.5 Å². The first-order valence-electron chi connectivity index (χ1n) is 8.67. The monoisotopic (exact) mass is 330 g/mol. The van der Waals surface area contributed by atoms with Crippen LogP contribution in [-0.2, 0) is 17.8 Å². The Morgan fingerprint density at radius 3 is 2.00 bits per heavy atom. The molecule has 0 saturated heterocycles. The fraction of sp³-hybridized carbons (Fsp3) is 0.182. The molecule has 1 N–H and O–H groups in total. The number of ether oxygens (including phenoxy) is 1. The molecule has 0 saturated carbocycles. The van der Waals surface area contributed by atoms with Crippen molar-refractivity contribution in [1.82, 2.24) is 0 Å². The van der Waals surface area contributed by atoms with Gasteiger partial charge in [0.2, 0.25) is 0 Å². The van der Waals surface area contributed by atoms with Crippen LogP contribution in [0.5, 0.6) is 0 Å². The zero-order chi connectivity index (χ0) is 17.5. The van der Waals surface area contributed by atoms with Crippen molar-refractivity contribution in [3.63, 3.8) is 0 Å². The lowest BCUT2D eigenvalue weighted by Gasteiger charge is -2.09. The largest absolute Gasteiger partial charge is 0.443 e. The van der Waals surface area contributed by atoms with E-state index in [1.807, 2.05) is 73.7 Å². The van der Waals surface area contributed by atoms with Crippen molar-refractivity contribution in [1.29, 1.82) is 0 Å². The summed E-state index contributed by atoms with van der Waals surface area (Å²) in [6.07, 6.45) is 0.922. The zero-order valence-electron chi connectivity index (χ0n) is 14.6. The first kappa shape index (κ1) is 17.5. The van der Waals surface area contributed by atoms with Gasteiger partial charge in [0.1, 0.15) is 0 Å². The van der Waals surface area contributed by atoms with Gasteiger partial charge in [-0.25, -0.2) is 0 Å². The summed E-state index contributed by atoms with van der Waals surface area (Å²) in [6.45, 7) is 2.75. The molecule has 0 aliphatic carbocycles. The van der Waals surface area contributed by atoms with Gasteiger partial charge in [-0.05, 0) is 35.4 Å². The maximum Gasteiger partial charge on any atom is 0.358 e. The summed E-state index contributed by atoms with van der Waals surface area (Å²) in [4.78, 5) is 0. The standard InChI is InChI=1S/C22H23BO2/c1-18-7-11-21(12-8-18)23(24)22-13-9-20(10-14-22)17-25-16-15-19-5-3-2-4-6-19/h2-14,24H,15-17H2,1H3. The van der Waals surface area contributed by atoms with Crippen LogP contribution in [0.25, 0.3) is 0 Å². The molecule has 0 aliphatic rings. The van der Waals surface area contributed by atoms with Crippen LogP contribution in [0.4, 0.5) is 0 Å². The molecule has 0 aromatic heterocycles. The lowest BCUT2D eigenvalue weighted by molar-refractivity contribution is 0.124. The summed E-state index contributed by atoms with van der Waals surface area (Å²) < 4.78 is 5.76. The lowest BCUT2D eigenvalue weighted by Crippen LogP contribution is -2.42. The van der Waals surface area contributed by atoms with Gasteiger partial charge < -0.3 is 9.76 Å². The maximum absolute atomic E-state index is 10.5. The van der Waals surface area contributed by atoms with Gasteiger partial charge in [0.05, 0.1) is 13.2 Å². The molecule has 0 fully saturated rings. The van der Waals surface area contributed by atoms with Gasteiger partial charge in [0.15, 0.2) is 0 Å². The molecule has 0 spiro atoms. The third-order valence-corrected chi connectivity index (χ3v) is 4.34. The molecule has 3 aromatic carbocycles. The highest BCUT2D eigenvalue weighted by atomic mass is 16.5. The summed E-state index contributed by atoms with van der Waals surface area (Å²) in [7, 11) is 0. The molecule has 0 atom stereocenters. The highest BCUT2D eigenvalue weighted by Crippen LogP contribution is 2.04. The molecule has 3 rings (SSSR count). The van der Waals surface area contributed by atoms with Crippen LogP contribution >= 0.6 is 0 Å². The van der Waals surface area contributed by atoms with Gasteiger partial charge in [-0.15, -0.1) is 0 Å². The maximum atomic E-state index is 10.5. The van der Waals surface area contributed by atoms with Crippen molar-refractivity contribution in [2.75, 3.05) is 6.61 Å². The molecule has 0 aliphatic heterocycles. The van der Waals surface area contributed by atoms with Crippen LogP contribution in [0.15, 0.2) is 78.9 Å². The number of hydrogen-bond acceptors (Lipinski definition) is 2. The molecule has 126 valence electrons. The van der Waals surface area contributed by atoms with Crippen molar-refractivity contribution in [3.8, 4) is 0 Å². The fourth-order valence-corrected chi connectivity index (χ4v) is 2.76. The van der Waals surface area contributed by atoms with E-state index in [-0.39, 0.29) is 0 Å². The Kier molecular flexibility index (Phi) is 6.05. The van der Waals surface area contributed by atoms with Crippen LogP contribution in [0.3, 0.4) is 0 Å². The van der Waals surface area contributed by atoms with Crippen LogP contribution in [0, 0.1) is 6.92 Å². The third kappa shape index (κ3) is 5.06. The van der Waals surface area contributed by atoms with E-state index in [1.165, 1.54) is 11.1 Å². The minimum Gasteiger partial charge on any atom is -0.443 e. The molecule has 0 heterocycles. The second-order valence-electron chi connectivity index (χ2n) is 6.34. The summed E-state index contributed by atoms with van der Waals surface area (Å²) >= 11 is 0. The average molecular weight is 330 g/mol. The Labute approximate surface area is 150 Å². The second kappa shape index (κ2) is 8.66. The lowest BCUT2D eigenvalue weighted by atomic mass is 9.56. The zero-order valence-corrected chi connectivity index (χ0v) is 14.6. The second-order valence-corrected chi connectivity index (χ2v) is 6.34. The minimum absolute atomic E-state index is 0.589. The van der Waals surface area contributed by atoms with Gasteiger partial charge in [0, 0.05) is 0 Å². The predicted molar refractivity (Wildman–Crippen MR) is 105 cm³/mol. The first-order chi connectivity index (χ1) is 12.2. The molecular weight excluding hydrogens is 307 g/mol. The average Bonchev–Trinajstić information content (AvgIpc) is 2.67. The van der Waals surface area contributed by atoms with E-state index in [0.717, 1.165) is 22.9 Å². The van der Waals surface area contributed by atoms with Gasteiger partial charge in [-0.3, -0.25) is 0 Å². The minimum atomic E-state index is -0.589. The van der Waals surface area contributed by atoms with E-state index in [9.17, 15) is 5.02 Å². The molecule has 0 radical (unpaired) electrons. The predicted octanol–water partition coefficient (Wildman–Crippen LogP) is 2.85. The van der Waals surface area contributed by atoms with E-state index in [4.69, 9.17) is 4.74 Å². The van der Waals surface area contributed by atoms with Crippen molar-refractivity contribution in [2.45, 2.75) is 20.0 Å². The van der Waals surface area contributed by atoms with Gasteiger partial charge >= 0.3 is 6.92 Å². The molecule has 0 unspecified atom stereocenters. The van der Waals surface area contributed by atoms with Crippen molar-refractivity contribution < 1.29 is 9.76 Å². The number of hydrogen-bond donors (Lipinski definition) is 1. The Hall–Kier alpha value is -2.36. The quantitative estimate of drug-likeness (QED) is 0.533. The van der Waals surface area contributed by atoms with Crippen LogP contribution in [0.1, 0.15) is 16.7 Å². The summed E-state index contributed by atoms with van der Waals surface area (Å²) in [5, 5.41) is 10.5. The summed E-state index contributed by atoms with van der Waals surface area (Å²) in [6, 6.07) is 26.3. The normalized spacial score (nSPS) is 10.6. The topological polar surface area (TPSA) is 29.5 Å². The molecule has 25 heavy (non-hydrogen) atoms. The Morgan fingerprint density at radius 2 is 1.36 bits per heavy atom. The van der Waals surface area contributed by atoms with E-state index < -0.39 is 6.92 Å². The summed E-state index contributed by atoms with van der Waals surface area (Å²) in [5.74, 6) is 0. The molecule has 2 nitrogen and oxygen atoms in total. The molecule has 3 heteroatoms. The highest BCUT2D eigenvalue weighted by molar-refractivity contribution is 6.78. The molecule has 0 amide bonds. The van der Waals surface area contributed by atoms with Crippen LogP contribution < -0.4 is 10.9 Å². The molecular formula is C22H23BO2. The van der Waals surface area contributed by atoms with Crippen molar-refractivity contribution in [3.05, 3.63) is 95.6 Å². The van der Waals surface area contributed by atoms with E-state index in [1.54, 1.807) is 0 Å². The van der Waals surface area contributed by atoms with Crippen LogP contribution in [0.2, 0.25) is 0 Å². The van der Waals surface area contributed by atoms with E-state index >= 15 is 0 Å². The fourth-order valence-electron chi connectivity index (χ4n) is 2.76. The van der Waals surface area contributed by atoms with E-state index in [0.29, 0.717) is 13.2 Å². The Morgan fingerprint density at radius 1 is 0.760 bits per heavy atom. The van der Waals surface area contributed by atoms with Crippen molar-refractivity contribution >= 4 is 17.8 Å². The van der Waals surface area contributed by atoms with Gasteiger partial charge in [-0.1, -0.05) is 84.4 Å². The Bertz CT molecular complexity index is 767. The molecule has 3 aromatic rings. The highest BCUT2D eigenvalue weighted by Gasteiger charge is 2.16. The third-order valence-electron chi connectivity index (χ3n) is 4.34. The van der Waals surface area contributed by atoms with Gasteiger partial charge in [0.25, 0.3) is 0 Å². The molecule has 0 bridgehead atoms.